The fourth-order valence-corrected chi connectivity index (χ4v) is 2.07. The van der Waals surface area contributed by atoms with Gasteiger partial charge in [0.25, 0.3) is 5.91 Å². The standard InChI is InChI=1S/C16H21N5O6/c1-27-15(25)7-12(6-14(23)24)21-13(22)8-18-16(26)10-3-2-4-11(5-10)19-9-20-17/h2-5,9,12H,6-8,17H2,1H3,(H,18,26)(H,19,20)(H,21,22)(H,23,24). The number of methoxy groups -OCH3 is 1. The Labute approximate surface area is 154 Å². The summed E-state index contributed by atoms with van der Waals surface area (Å²) in [5.74, 6) is 1.99. The van der Waals surface area contributed by atoms with Gasteiger partial charge in [-0.3, -0.25) is 19.2 Å². The number of rotatable bonds is 10. The van der Waals surface area contributed by atoms with Gasteiger partial charge in [-0.1, -0.05) is 6.07 Å². The Morgan fingerprint density at radius 1 is 1.30 bits per heavy atom. The second kappa shape index (κ2) is 11.1. The summed E-state index contributed by atoms with van der Waals surface area (Å²) in [6.07, 6.45) is 0.498. The molecule has 0 aliphatic heterocycles. The van der Waals surface area contributed by atoms with E-state index in [1.54, 1.807) is 18.2 Å². The minimum Gasteiger partial charge on any atom is -0.481 e. The molecule has 1 aromatic carbocycles. The molecule has 0 bridgehead atoms. The first-order valence-electron chi connectivity index (χ1n) is 7.80. The highest BCUT2D eigenvalue weighted by atomic mass is 16.5. The number of amides is 2. The molecular weight excluding hydrogens is 358 g/mol. The number of hydrogen-bond acceptors (Lipinski definition) is 7. The summed E-state index contributed by atoms with van der Waals surface area (Å²) in [5.41, 5.74) is 0.857. The summed E-state index contributed by atoms with van der Waals surface area (Å²) in [6, 6.07) is 5.44. The van der Waals surface area contributed by atoms with Gasteiger partial charge in [0.2, 0.25) is 5.91 Å². The average Bonchev–Trinajstić information content (AvgIpc) is 2.63. The van der Waals surface area contributed by atoms with Crippen molar-refractivity contribution >= 4 is 35.8 Å². The molecule has 0 spiro atoms. The van der Waals surface area contributed by atoms with Crippen LogP contribution in [0.2, 0.25) is 0 Å². The van der Waals surface area contributed by atoms with Crippen LogP contribution in [0.15, 0.2) is 29.4 Å². The summed E-state index contributed by atoms with van der Waals surface area (Å²) >= 11 is 0. The second-order valence-electron chi connectivity index (χ2n) is 5.33. The molecule has 11 heteroatoms. The van der Waals surface area contributed by atoms with E-state index < -0.39 is 42.8 Å². The Hall–Kier alpha value is -3.63. The van der Waals surface area contributed by atoms with E-state index >= 15 is 0 Å². The number of carboxylic acid groups (broad SMARTS) is 1. The van der Waals surface area contributed by atoms with Crippen LogP contribution in [-0.4, -0.2) is 54.9 Å². The minimum atomic E-state index is -1.18. The zero-order chi connectivity index (χ0) is 20.2. The monoisotopic (exact) mass is 379 g/mol. The molecule has 0 aromatic heterocycles. The molecular formula is C16H21N5O6. The Morgan fingerprint density at radius 2 is 2.04 bits per heavy atom. The first kappa shape index (κ1) is 21.4. The Balaban J connectivity index is 2.59. The van der Waals surface area contributed by atoms with Crippen molar-refractivity contribution in [2.45, 2.75) is 18.9 Å². The number of ether oxygens (including phenoxy) is 1. The number of nitrogens with two attached hydrogens (primary N) is 1. The second-order valence-corrected chi connectivity index (χ2v) is 5.33. The van der Waals surface area contributed by atoms with Gasteiger partial charge in [-0.25, -0.2) is 0 Å². The van der Waals surface area contributed by atoms with E-state index in [4.69, 9.17) is 10.9 Å². The molecule has 1 atom stereocenters. The van der Waals surface area contributed by atoms with Crippen LogP contribution in [0.25, 0.3) is 0 Å². The van der Waals surface area contributed by atoms with Crippen molar-refractivity contribution in [1.82, 2.24) is 10.6 Å². The number of nitrogens with zero attached hydrogens (tertiary/aromatic N) is 1. The van der Waals surface area contributed by atoms with Crippen molar-refractivity contribution in [2.24, 2.45) is 10.9 Å². The maximum Gasteiger partial charge on any atom is 0.307 e. The lowest BCUT2D eigenvalue weighted by atomic mass is 10.1. The van der Waals surface area contributed by atoms with Crippen molar-refractivity contribution in [3.63, 3.8) is 0 Å². The molecule has 2 amide bonds. The number of anilines is 1. The molecule has 0 heterocycles. The third-order valence-electron chi connectivity index (χ3n) is 3.27. The molecule has 1 unspecified atom stereocenters. The van der Waals surface area contributed by atoms with Gasteiger partial charge in [-0.2, -0.15) is 5.10 Å². The molecule has 0 radical (unpaired) electrons. The van der Waals surface area contributed by atoms with Crippen LogP contribution in [0.4, 0.5) is 5.69 Å². The number of carbonyl (C=O) groups is 4. The lowest BCUT2D eigenvalue weighted by Gasteiger charge is -2.16. The molecule has 0 aliphatic rings. The molecule has 0 fully saturated rings. The first-order chi connectivity index (χ1) is 12.8. The van der Waals surface area contributed by atoms with E-state index in [1.807, 2.05) is 0 Å². The molecule has 27 heavy (non-hydrogen) atoms. The van der Waals surface area contributed by atoms with Crippen molar-refractivity contribution in [3.8, 4) is 0 Å². The van der Waals surface area contributed by atoms with E-state index in [0.717, 1.165) is 7.11 Å². The van der Waals surface area contributed by atoms with Crippen LogP contribution in [0, 0.1) is 0 Å². The average molecular weight is 379 g/mol. The summed E-state index contributed by atoms with van der Waals surface area (Å²) in [4.78, 5) is 46.2. The lowest BCUT2D eigenvalue weighted by molar-refractivity contribution is -0.142. The summed E-state index contributed by atoms with van der Waals surface area (Å²) < 4.78 is 4.46. The van der Waals surface area contributed by atoms with E-state index in [2.05, 4.69) is 25.8 Å². The number of aliphatic carboxylic acids is 1. The fraction of sp³-hybridized carbons (Fsp3) is 0.312. The van der Waals surface area contributed by atoms with Crippen LogP contribution < -0.4 is 21.8 Å². The number of esters is 1. The SMILES string of the molecule is COC(=O)CC(CC(=O)O)NC(=O)CNC(=O)c1cccc(NC=NN)c1. The predicted octanol–water partition coefficient (Wildman–Crippen LogP) is -0.747. The van der Waals surface area contributed by atoms with Gasteiger partial charge in [0.15, 0.2) is 0 Å². The quantitative estimate of drug-likeness (QED) is 0.116. The van der Waals surface area contributed by atoms with E-state index in [0.29, 0.717) is 5.69 Å². The molecule has 0 aliphatic carbocycles. The van der Waals surface area contributed by atoms with Gasteiger partial charge in [0.1, 0.15) is 6.34 Å². The molecule has 1 aromatic rings. The number of hydrazone groups is 1. The Bertz CT molecular complexity index is 721. The number of benzene rings is 1. The number of hydrogen-bond donors (Lipinski definition) is 5. The molecule has 146 valence electrons. The smallest absolute Gasteiger partial charge is 0.307 e. The first-order valence-corrected chi connectivity index (χ1v) is 7.80. The van der Waals surface area contributed by atoms with Gasteiger partial charge in [0.05, 0.1) is 26.5 Å². The Kier molecular flexibility index (Phi) is 8.78. The van der Waals surface area contributed by atoms with Crippen LogP contribution in [0.1, 0.15) is 23.2 Å². The topological polar surface area (TPSA) is 172 Å². The number of nitrogens with one attached hydrogen (secondary N) is 3. The Morgan fingerprint density at radius 3 is 2.67 bits per heavy atom. The maximum absolute atomic E-state index is 12.1. The van der Waals surface area contributed by atoms with Crippen molar-refractivity contribution in [3.05, 3.63) is 29.8 Å². The highest BCUT2D eigenvalue weighted by molar-refractivity contribution is 5.97. The van der Waals surface area contributed by atoms with E-state index in [-0.39, 0.29) is 12.0 Å². The molecule has 0 saturated heterocycles. The lowest BCUT2D eigenvalue weighted by Crippen LogP contribution is -2.43. The fourth-order valence-electron chi connectivity index (χ4n) is 2.07. The highest BCUT2D eigenvalue weighted by Gasteiger charge is 2.20. The third kappa shape index (κ3) is 8.34. The van der Waals surface area contributed by atoms with Gasteiger partial charge >= 0.3 is 11.9 Å². The molecule has 11 nitrogen and oxygen atoms in total. The van der Waals surface area contributed by atoms with Crippen molar-refractivity contribution in [2.75, 3.05) is 19.0 Å². The largest absolute Gasteiger partial charge is 0.481 e. The van der Waals surface area contributed by atoms with Gasteiger partial charge < -0.3 is 31.6 Å². The highest BCUT2D eigenvalue weighted by Crippen LogP contribution is 2.09. The van der Waals surface area contributed by atoms with Crippen LogP contribution in [-0.2, 0) is 19.1 Å². The van der Waals surface area contributed by atoms with Crippen LogP contribution in [0.3, 0.4) is 0 Å². The van der Waals surface area contributed by atoms with Crippen LogP contribution in [0.5, 0.6) is 0 Å². The normalized spacial score (nSPS) is 11.4. The summed E-state index contributed by atoms with van der Waals surface area (Å²) in [5, 5.41) is 19.7. The number of carboxylic acids is 1. The van der Waals surface area contributed by atoms with Crippen molar-refractivity contribution < 1.29 is 29.0 Å². The maximum atomic E-state index is 12.1. The molecule has 1 rings (SSSR count). The third-order valence-corrected chi connectivity index (χ3v) is 3.27. The summed E-state index contributed by atoms with van der Waals surface area (Å²) in [6.45, 7) is -0.391. The predicted molar refractivity (Wildman–Crippen MR) is 95.9 cm³/mol. The van der Waals surface area contributed by atoms with E-state index in [1.165, 1.54) is 12.4 Å². The van der Waals surface area contributed by atoms with Crippen molar-refractivity contribution in [1.29, 1.82) is 0 Å². The minimum absolute atomic E-state index is 0.287. The summed E-state index contributed by atoms with van der Waals surface area (Å²) in [7, 11) is 1.16. The zero-order valence-corrected chi connectivity index (χ0v) is 14.6. The van der Waals surface area contributed by atoms with Gasteiger partial charge in [-0.15, -0.1) is 0 Å². The van der Waals surface area contributed by atoms with E-state index in [9.17, 15) is 19.2 Å². The van der Waals surface area contributed by atoms with Crippen LogP contribution >= 0.6 is 0 Å². The van der Waals surface area contributed by atoms with Gasteiger partial charge in [0, 0.05) is 17.3 Å². The number of carbonyl (C=O) groups excluding carboxylic acids is 3. The molecule has 0 saturated carbocycles. The zero-order valence-electron chi connectivity index (χ0n) is 14.6. The van der Waals surface area contributed by atoms with Gasteiger partial charge in [-0.05, 0) is 18.2 Å². The molecule has 6 N–H and O–H groups in total.